The molecule has 0 amide bonds. The number of nitrogens with zero attached hydrogens (tertiary/aromatic N) is 1. The Labute approximate surface area is 100 Å². The second-order valence-electron chi connectivity index (χ2n) is 3.81. The van der Waals surface area contributed by atoms with Gasteiger partial charge in [0.25, 0.3) is 0 Å². The third-order valence-corrected chi connectivity index (χ3v) is 3.44. The topological polar surface area (TPSA) is 24.9 Å². The van der Waals surface area contributed by atoms with Gasteiger partial charge in [0.05, 0.1) is 5.01 Å². The number of aromatic nitrogens is 1. The first-order valence-electron chi connectivity index (χ1n) is 5.48. The van der Waals surface area contributed by atoms with E-state index in [-0.39, 0.29) is 0 Å². The van der Waals surface area contributed by atoms with Crippen LogP contribution < -0.4 is 5.32 Å². The average molecular weight is 232 g/mol. The van der Waals surface area contributed by atoms with Gasteiger partial charge in [0, 0.05) is 24.0 Å². The van der Waals surface area contributed by atoms with E-state index >= 15 is 0 Å². The van der Waals surface area contributed by atoms with Crippen molar-refractivity contribution >= 4 is 11.3 Å². The molecule has 0 aliphatic carbocycles. The highest BCUT2D eigenvalue weighted by molar-refractivity contribution is 7.09. The monoisotopic (exact) mass is 232 g/mol. The molecule has 0 saturated heterocycles. The molecule has 0 fully saturated rings. The molecule has 2 aromatic rings. The minimum atomic E-state index is 0.466. The number of nitrogens with one attached hydrogen (secondary N) is 1. The van der Waals surface area contributed by atoms with E-state index < -0.39 is 0 Å². The van der Waals surface area contributed by atoms with Gasteiger partial charge in [0.1, 0.15) is 0 Å². The van der Waals surface area contributed by atoms with E-state index in [2.05, 4.69) is 40.6 Å². The van der Waals surface area contributed by atoms with E-state index in [0.717, 1.165) is 12.8 Å². The number of rotatable bonds is 5. The van der Waals surface area contributed by atoms with Crippen LogP contribution in [0.3, 0.4) is 0 Å². The third kappa shape index (κ3) is 3.15. The smallest absolute Gasteiger partial charge is 0.0940 e. The van der Waals surface area contributed by atoms with Gasteiger partial charge in [-0.25, -0.2) is 4.98 Å². The van der Waals surface area contributed by atoms with Crippen LogP contribution in [0.4, 0.5) is 0 Å². The molecule has 0 saturated carbocycles. The molecule has 1 aromatic heterocycles. The second kappa shape index (κ2) is 5.77. The molecular formula is C13H16N2S. The van der Waals surface area contributed by atoms with Crippen molar-refractivity contribution in [2.75, 3.05) is 7.05 Å². The molecule has 2 rings (SSSR count). The number of hydrogen-bond acceptors (Lipinski definition) is 3. The van der Waals surface area contributed by atoms with E-state index in [1.807, 2.05) is 18.6 Å². The van der Waals surface area contributed by atoms with Crippen LogP contribution in [0.1, 0.15) is 10.6 Å². The van der Waals surface area contributed by atoms with Crippen LogP contribution in [-0.2, 0) is 12.8 Å². The highest BCUT2D eigenvalue weighted by atomic mass is 32.1. The first-order chi connectivity index (χ1) is 7.88. The molecule has 0 spiro atoms. The van der Waals surface area contributed by atoms with Crippen molar-refractivity contribution in [1.82, 2.24) is 10.3 Å². The maximum atomic E-state index is 4.32. The highest BCUT2D eigenvalue weighted by Crippen LogP contribution is 2.10. The molecular weight excluding hydrogens is 216 g/mol. The predicted octanol–water partition coefficient (Wildman–Crippen LogP) is 2.52. The summed E-state index contributed by atoms with van der Waals surface area (Å²) in [5.41, 5.74) is 1.37. The molecule has 1 heterocycles. The van der Waals surface area contributed by atoms with Gasteiger partial charge in [-0.1, -0.05) is 30.3 Å². The molecule has 0 radical (unpaired) electrons. The van der Waals surface area contributed by atoms with E-state index in [9.17, 15) is 0 Å². The van der Waals surface area contributed by atoms with E-state index in [0.29, 0.717) is 6.04 Å². The zero-order valence-corrected chi connectivity index (χ0v) is 10.2. The molecule has 16 heavy (non-hydrogen) atoms. The third-order valence-electron chi connectivity index (χ3n) is 2.64. The van der Waals surface area contributed by atoms with Gasteiger partial charge in [-0.15, -0.1) is 11.3 Å². The van der Waals surface area contributed by atoms with Crippen LogP contribution >= 0.6 is 11.3 Å². The highest BCUT2D eigenvalue weighted by Gasteiger charge is 2.09. The van der Waals surface area contributed by atoms with Crippen molar-refractivity contribution in [2.24, 2.45) is 0 Å². The molecule has 0 bridgehead atoms. The van der Waals surface area contributed by atoms with E-state index in [1.54, 1.807) is 11.3 Å². The molecule has 0 aliphatic heterocycles. The number of benzene rings is 1. The normalized spacial score (nSPS) is 12.6. The minimum absolute atomic E-state index is 0.466. The fourth-order valence-corrected chi connectivity index (χ4v) is 2.44. The molecule has 84 valence electrons. The molecule has 1 atom stereocenters. The number of hydrogen-bond donors (Lipinski definition) is 1. The summed E-state index contributed by atoms with van der Waals surface area (Å²) in [5, 5.41) is 6.59. The molecule has 2 nitrogen and oxygen atoms in total. The Kier molecular flexibility index (Phi) is 4.08. The van der Waals surface area contributed by atoms with Gasteiger partial charge in [0.2, 0.25) is 0 Å². The lowest BCUT2D eigenvalue weighted by Gasteiger charge is -2.14. The summed E-state index contributed by atoms with van der Waals surface area (Å²) < 4.78 is 0. The van der Waals surface area contributed by atoms with Crippen molar-refractivity contribution in [1.29, 1.82) is 0 Å². The van der Waals surface area contributed by atoms with Crippen molar-refractivity contribution in [3.05, 3.63) is 52.5 Å². The lowest BCUT2D eigenvalue weighted by Crippen LogP contribution is -2.29. The van der Waals surface area contributed by atoms with Crippen LogP contribution in [0, 0.1) is 0 Å². The maximum Gasteiger partial charge on any atom is 0.0940 e. The lowest BCUT2D eigenvalue weighted by atomic mass is 10.0. The SMILES string of the molecule is CNC(Cc1ccccc1)Cc1nccs1. The summed E-state index contributed by atoms with van der Waals surface area (Å²) >= 11 is 1.73. The molecule has 0 aliphatic rings. The molecule has 1 aromatic carbocycles. The Bertz CT molecular complexity index is 397. The molecule has 1 unspecified atom stereocenters. The van der Waals surface area contributed by atoms with Gasteiger partial charge >= 0.3 is 0 Å². The fraction of sp³-hybridized carbons (Fsp3) is 0.308. The quantitative estimate of drug-likeness (QED) is 0.857. The van der Waals surface area contributed by atoms with Crippen LogP contribution in [-0.4, -0.2) is 18.1 Å². The van der Waals surface area contributed by atoms with Crippen LogP contribution in [0.15, 0.2) is 41.9 Å². The Morgan fingerprint density at radius 3 is 2.69 bits per heavy atom. The zero-order chi connectivity index (χ0) is 11.2. The fourth-order valence-electron chi connectivity index (χ4n) is 1.74. The van der Waals surface area contributed by atoms with Crippen molar-refractivity contribution < 1.29 is 0 Å². The zero-order valence-electron chi connectivity index (χ0n) is 9.39. The summed E-state index contributed by atoms with van der Waals surface area (Å²) in [6.45, 7) is 0. The Balaban J connectivity index is 1.96. The van der Waals surface area contributed by atoms with Crippen molar-refractivity contribution in [2.45, 2.75) is 18.9 Å². The largest absolute Gasteiger partial charge is 0.316 e. The lowest BCUT2D eigenvalue weighted by molar-refractivity contribution is 0.555. The van der Waals surface area contributed by atoms with Gasteiger partial charge in [0.15, 0.2) is 0 Å². The van der Waals surface area contributed by atoms with Gasteiger partial charge in [-0.3, -0.25) is 0 Å². The van der Waals surface area contributed by atoms with Gasteiger partial charge in [-0.2, -0.15) is 0 Å². The summed E-state index contributed by atoms with van der Waals surface area (Å²) in [6.07, 6.45) is 3.93. The average Bonchev–Trinajstić information content (AvgIpc) is 2.82. The van der Waals surface area contributed by atoms with Crippen LogP contribution in [0.25, 0.3) is 0 Å². The summed E-state index contributed by atoms with van der Waals surface area (Å²) in [5.74, 6) is 0. The standard InChI is InChI=1S/C13H16N2S/c1-14-12(10-13-15-7-8-16-13)9-11-5-3-2-4-6-11/h2-8,12,14H,9-10H2,1H3. The number of thiazole rings is 1. The Morgan fingerprint density at radius 2 is 2.06 bits per heavy atom. The van der Waals surface area contributed by atoms with E-state index in [4.69, 9.17) is 0 Å². The molecule has 1 N–H and O–H groups in total. The Morgan fingerprint density at radius 1 is 1.25 bits per heavy atom. The van der Waals surface area contributed by atoms with Gasteiger partial charge < -0.3 is 5.32 Å². The second-order valence-corrected chi connectivity index (χ2v) is 4.78. The first-order valence-corrected chi connectivity index (χ1v) is 6.36. The molecule has 3 heteroatoms. The van der Waals surface area contributed by atoms with Gasteiger partial charge in [-0.05, 0) is 19.0 Å². The first kappa shape index (κ1) is 11.3. The van der Waals surface area contributed by atoms with E-state index in [1.165, 1.54) is 10.6 Å². The van der Waals surface area contributed by atoms with Crippen LogP contribution in [0.5, 0.6) is 0 Å². The Hall–Kier alpha value is -1.19. The summed E-state index contributed by atoms with van der Waals surface area (Å²) in [4.78, 5) is 4.32. The predicted molar refractivity (Wildman–Crippen MR) is 68.8 cm³/mol. The summed E-state index contributed by atoms with van der Waals surface area (Å²) in [7, 11) is 2.02. The van der Waals surface area contributed by atoms with Crippen molar-refractivity contribution in [3.63, 3.8) is 0 Å². The van der Waals surface area contributed by atoms with Crippen LogP contribution in [0.2, 0.25) is 0 Å². The maximum absolute atomic E-state index is 4.32. The minimum Gasteiger partial charge on any atom is -0.316 e. The summed E-state index contributed by atoms with van der Waals surface area (Å²) in [6, 6.07) is 11.0. The van der Waals surface area contributed by atoms with Crippen molar-refractivity contribution in [3.8, 4) is 0 Å². The number of likely N-dealkylation sites (N-methyl/N-ethyl adjacent to an activating group) is 1.